The first-order valence-electron chi connectivity index (χ1n) is 12.4. The number of carbonyl (C=O) groups is 1. The van der Waals surface area contributed by atoms with Crippen LogP contribution in [0.25, 0.3) is 0 Å². The molecular formula is C28H39N3O3. The first-order chi connectivity index (χ1) is 16.3. The Hall–Kier alpha value is -2.73. The van der Waals surface area contributed by atoms with Crippen molar-refractivity contribution < 1.29 is 14.3 Å². The molecule has 2 aromatic carbocycles. The van der Waals surface area contributed by atoms with Gasteiger partial charge in [0.2, 0.25) is 0 Å². The summed E-state index contributed by atoms with van der Waals surface area (Å²) in [6.07, 6.45) is 4.04. The van der Waals surface area contributed by atoms with E-state index in [-0.39, 0.29) is 17.5 Å². The van der Waals surface area contributed by atoms with Crippen molar-refractivity contribution in [1.29, 1.82) is 0 Å². The van der Waals surface area contributed by atoms with Gasteiger partial charge in [-0.2, -0.15) is 0 Å². The number of ether oxygens (including phenoxy) is 2. The van der Waals surface area contributed by atoms with Gasteiger partial charge in [-0.05, 0) is 101 Å². The van der Waals surface area contributed by atoms with Gasteiger partial charge in [-0.25, -0.2) is 4.79 Å². The maximum Gasteiger partial charge on any atom is 0.319 e. The molecule has 1 saturated heterocycles. The fourth-order valence-corrected chi connectivity index (χ4v) is 6.22. The minimum absolute atomic E-state index is 0.0616. The Kier molecular flexibility index (Phi) is 7.08. The van der Waals surface area contributed by atoms with Crippen molar-refractivity contribution in [3.63, 3.8) is 0 Å². The zero-order chi connectivity index (χ0) is 24.5. The van der Waals surface area contributed by atoms with Crippen LogP contribution in [0.5, 0.6) is 11.5 Å². The van der Waals surface area contributed by atoms with E-state index in [1.54, 1.807) is 14.2 Å². The third-order valence-electron chi connectivity index (χ3n) is 7.74. The number of likely N-dealkylation sites (tertiary alicyclic amines) is 1. The molecule has 6 heteroatoms. The average Bonchev–Trinajstić information content (AvgIpc) is 3.18. The van der Waals surface area contributed by atoms with E-state index in [0.717, 1.165) is 60.5 Å². The summed E-state index contributed by atoms with van der Waals surface area (Å²) in [5, 5.41) is 6.31. The van der Waals surface area contributed by atoms with Gasteiger partial charge >= 0.3 is 6.03 Å². The van der Waals surface area contributed by atoms with Crippen molar-refractivity contribution in [3.8, 4) is 11.5 Å². The molecule has 0 aromatic heterocycles. The number of hydrogen-bond acceptors (Lipinski definition) is 4. The summed E-state index contributed by atoms with van der Waals surface area (Å²) in [4.78, 5) is 15.5. The summed E-state index contributed by atoms with van der Waals surface area (Å²) in [5.74, 6) is 1.54. The Morgan fingerprint density at radius 1 is 1.03 bits per heavy atom. The van der Waals surface area contributed by atoms with Gasteiger partial charge < -0.3 is 20.1 Å². The Morgan fingerprint density at radius 3 is 2.38 bits per heavy atom. The molecule has 2 N–H and O–H groups in total. The van der Waals surface area contributed by atoms with Crippen molar-refractivity contribution >= 4 is 11.7 Å². The number of rotatable bonds is 6. The number of nitrogens with one attached hydrogen (secondary N) is 2. The molecule has 3 atom stereocenters. The second kappa shape index (κ2) is 9.87. The summed E-state index contributed by atoms with van der Waals surface area (Å²) in [5.41, 5.74) is 4.51. The summed E-state index contributed by atoms with van der Waals surface area (Å²) in [6, 6.07) is 13.4. The van der Waals surface area contributed by atoms with E-state index in [1.807, 2.05) is 32.0 Å². The molecule has 2 amide bonds. The molecule has 6 nitrogen and oxygen atoms in total. The fourth-order valence-electron chi connectivity index (χ4n) is 6.22. The van der Waals surface area contributed by atoms with Crippen LogP contribution in [0.15, 0.2) is 36.4 Å². The van der Waals surface area contributed by atoms with Crippen LogP contribution in [0.1, 0.15) is 56.2 Å². The molecule has 0 spiro atoms. The number of hydrogen-bond donors (Lipinski definition) is 2. The van der Waals surface area contributed by atoms with Gasteiger partial charge in [-0.15, -0.1) is 0 Å². The molecule has 0 unspecified atom stereocenters. The Bertz CT molecular complexity index is 1020. The summed E-state index contributed by atoms with van der Waals surface area (Å²) < 4.78 is 11.1. The molecule has 1 heterocycles. The van der Waals surface area contributed by atoms with Crippen molar-refractivity contribution in [2.24, 2.45) is 0 Å². The lowest BCUT2D eigenvalue weighted by atomic mass is 9.65. The van der Waals surface area contributed by atoms with Crippen molar-refractivity contribution in [3.05, 3.63) is 53.1 Å². The second-order valence-electron chi connectivity index (χ2n) is 10.3. The number of fused-ring (bicyclic) bond motifs is 1. The first kappa shape index (κ1) is 24.4. The van der Waals surface area contributed by atoms with Crippen LogP contribution in [0, 0.1) is 13.8 Å². The van der Waals surface area contributed by atoms with Gasteiger partial charge in [0, 0.05) is 29.2 Å². The molecule has 0 radical (unpaired) electrons. The predicted molar refractivity (Wildman–Crippen MR) is 137 cm³/mol. The normalized spacial score (nSPS) is 24.6. The summed E-state index contributed by atoms with van der Waals surface area (Å²) in [7, 11) is 3.37. The van der Waals surface area contributed by atoms with Gasteiger partial charge in [0.05, 0.1) is 14.2 Å². The van der Waals surface area contributed by atoms with Crippen LogP contribution in [0.4, 0.5) is 10.5 Å². The molecule has 1 aliphatic heterocycles. The fraction of sp³-hybridized carbons (Fsp3) is 0.536. The van der Waals surface area contributed by atoms with Crippen LogP contribution in [-0.4, -0.2) is 49.8 Å². The minimum Gasteiger partial charge on any atom is -0.493 e. The molecule has 2 fully saturated rings. The highest BCUT2D eigenvalue weighted by Gasteiger charge is 2.52. The van der Waals surface area contributed by atoms with Crippen molar-refractivity contribution in [2.75, 3.05) is 26.1 Å². The van der Waals surface area contributed by atoms with Crippen molar-refractivity contribution in [2.45, 2.75) is 76.9 Å². The number of nitrogens with zero attached hydrogens (tertiary/aromatic N) is 1. The molecule has 2 aliphatic rings. The Labute approximate surface area is 204 Å². The number of anilines is 1. The molecular weight excluding hydrogens is 426 g/mol. The quantitative estimate of drug-likeness (QED) is 0.598. The zero-order valence-electron chi connectivity index (χ0n) is 21.4. The molecule has 2 aromatic rings. The van der Waals surface area contributed by atoms with E-state index in [9.17, 15) is 4.79 Å². The first-order valence-corrected chi connectivity index (χ1v) is 12.4. The number of amides is 2. The van der Waals surface area contributed by atoms with Crippen LogP contribution in [0.2, 0.25) is 0 Å². The van der Waals surface area contributed by atoms with Gasteiger partial charge in [-0.3, -0.25) is 4.90 Å². The number of benzene rings is 2. The van der Waals surface area contributed by atoms with E-state index in [0.29, 0.717) is 12.1 Å². The monoisotopic (exact) mass is 465 g/mol. The predicted octanol–water partition coefficient (Wildman–Crippen LogP) is 5.42. The maximum absolute atomic E-state index is 12.8. The van der Waals surface area contributed by atoms with E-state index in [1.165, 1.54) is 5.56 Å². The smallest absolute Gasteiger partial charge is 0.319 e. The van der Waals surface area contributed by atoms with Crippen LogP contribution in [0.3, 0.4) is 0 Å². The largest absolute Gasteiger partial charge is 0.493 e. The van der Waals surface area contributed by atoms with E-state index < -0.39 is 0 Å². The molecule has 0 bridgehead atoms. The van der Waals surface area contributed by atoms with Crippen LogP contribution >= 0.6 is 0 Å². The summed E-state index contributed by atoms with van der Waals surface area (Å²) >= 11 is 0. The zero-order valence-corrected chi connectivity index (χ0v) is 21.4. The Balaban J connectivity index is 1.53. The highest BCUT2D eigenvalue weighted by atomic mass is 16.5. The van der Waals surface area contributed by atoms with E-state index in [2.05, 4.69) is 47.6 Å². The number of urea groups is 1. The lowest BCUT2D eigenvalue weighted by Gasteiger charge is -2.46. The molecule has 34 heavy (non-hydrogen) atoms. The number of carbonyl (C=O) groups excluding carboxylic acids is 1. The highest BCUT2D eigenvalue weighted by Crippen LogP contribution is 2.50. The van der Waals surface area contributed by atoms with Crippen LogP contribution in [-0.2, 0) is 5.41 Å². The van der Waals surface area contributed by atoms with Gasteiger partial charge in [0.15, 0.2) is 11.5 Å². The number of aryl methyl sites for hydroxylation is 2. The second-order valence-corrected chi connectivity index (χ2v) is 10.3. The third-order valence-corrected chi connectivity index (χ3v) is 7.74. The van der Waals surface area contributed by atoms with E-state index in [4.69, 9.17) is 9.47 Å². The SMILES string of the molecule is COc1ccc([C@@]23CC[C@H](NC(=O)Nc4cc(C)cc(C)c4)C[C@H]2N(C(C)C)CC3)cc1OC. The minimum atomic E-state index is -0.122. The lowest BCUT2D eigenvalue weighted by molar-refractivity contribution is 0.113. The molecule has 184 valence electrons. The average molecular weight is 466 g/mol. The van der Waals surface area contributed by atoms with Gasteiger partial charge in [-0.1, -0.05) is 12.1 Å². The van der Waals surface area contributed by atoms with Crippen LogP contribution < -0.4 is 20.1 Å². The maximum atomic E-state index is 12.8. The highest BCUT2D eigenvalue weighted by molar-refractivity contribution is 5.89. The third kappa shape index (κ3) is 4.74. The molecule has 4 rings (SSSR count). The summed E-state index contributed by atoms with van der Waals surface area (Å²) in [6.45, 7) is 9.71. The molecule has 1 saturated carbocycles. The molecule has 1 aliphatic carbocycles. The van der Waals surface area contributed by atoms with E-state index >= 15 is 0 Å². The lowest BCUT2D eigenvalue weighted by Crippen LogP contribution is -2.54. The Morgan fingerprint density at radius 2 is 1.74 bits per heavy atom. The number of methoxy groups -OCH3 is 2. The van der Waals surface area contributed by atoms with Gasteiger partial charge in [0.1, 0.15) is 0 Å². The van der Waals surface area contributed by atoms with Gasteiger partial charge in [0.25, 0.3) is 0 Å². The topological polar surface area (TPSA) is 62.8 Å². The standard InChI is InChI=1S/C28H39N3O3/c1-18(2)31-12-11-28(21-7-8-24(33-5)25(16-21)34-6)10-9-22(17-26(28)31)29-27(32)30-23-14-19(3)13-20(4)15-23/h7-8,13-16,18,22,26H,9-12,17H2,1-6H3,(H2,29,30,32)/t22-,26+,28-/m0/s1. The van der Waals surface area contributed by atoms with Crippen molar-refractivity contribution in [1.82, 2.24) is 10.2 Å².